The Balaban J connectivity index is 3.05. The lowest BCUT2D eigenvalue weighted by molar-refractivity contribution is 0.195. The van der Waals surface area contributed by atoms with E-state index in [1.54, 1.807) is 0 Å². The van der Waals surface area contributed by atoms with Gasteiger partial charge in [0.15, 0.2) is 0 Å². The zero-order chi connectivity index (χ0) is 6.41. The maximum Gasteiger partial charge on any atom is 0.404 e. The SMILES string of the molecule is O=C(O)NC/C=C/Cl. The molecule has 0 aliphatic carbocycles. The van der Waals surface area contributed by atoms with Crippen LogP contribution in [-0.2, 0) is 0 Å². The number of halogens is 1. The lowest BCUT2D eigenvalue weighted by Crippen LogP contribution is -2.20. The van der Waals surface area contributed by atoms with Crippen molar-refractivity contribution in [2.24, 2.45) is 0 Å². The van der Waals surface area contributed by atoms with Gasteiger partial charge in [0.25, 0.3) is 0 Å². The highest BCUT2D eigenvalue weighted by Crippen LogP contribution is 1.74. The Bertz CT molecular complexity index is 102. The van der Waals surface area contributed by atoms with Gasteiger partial charge >= 0.3 is 6.09 Å². The molecule has 0 aliphatic rings. The van der Waals surface area contributed by atoms with Crippen molar-refractivity contribution in [1.29, 1.82) is 0 Å². The minimum Gasteiger partial charge on any atom is -0.465 e. The fraction of sp³-hybridized carbons (Fsp3) is 0.250. The molecule has 46 valence electrons. The summed E-state index contributed by atoms with van der Waals surface area (Å²) in [5.41, 5.74) is 1.26. The first-order valence-electron chi connectivity index (χ1n) is 1.99. The van der Waals surface area contributed by atoms with Crippen LogP contribution in [0.25, 0.3) is 0 Å². The summed E-state index contributed by atoms with van der Waals surface area (Å²) in [6, 6.07) is 0. The Morgan fingerprint density at radius 3 is 2.88 bits per heavy atom. The van der Waals surface area contributed by atoms with Crippen molar-refractivity contribution < 1.29 is 9.90 Å². The maximum absolute atomic E-state index is 9.69. The largest absolute Gasteiger partial charge is 0.465 e. The van der Waals surface area contributed by atoms with E-state index in [-0.39, 0.29) is 6.54 Å². The third kappa shape index (κ3) is 5.30. The summed E-state index contributed by atoms with van der Waals surface area (Å²) in [4.78, 5) is 9.69. The first-order chi connectivity index (χ1) is 3.77. The summed E-state index contributed by atoms with van der Waals surface area (Å²) < 4.78 is 0. The van der Waals surface area contributed by atoms with Crippen LogP contribution in [0.4, 0.5) is 4.79 Å². The van der Waals surface area contributed by atoms with Gasteiger partial charge in [0, 0.05) is 12.1 Å². The highest BCUT2D eigenvalue weighted by atomic mass is 35.5. The second-order valence-corrected chi connectivity index (χ2v) is 1.30. The second kappa shape index (κ2) is 4.46. The molecule has 0 aromatic rings. The van der Waals surface area contributed by atoms with Crippen molar-refractivity contribution in [3.63, 3.8) is 0 Å². The molecule has 0 fully saturated rings. The number of carboxylic acid groups (broad SMARTS) is 1. The molecule has 1 amide bonds. The monoisotopic (exact) mass is 135 g/mol. The summed E-state index contributed by atoms with van der Waals surface area (Å²) in [6.07, 6.45) is 0.454. The van der Waals surface area contributed by atoms with E-state index in [2.05, 4.69) is 5.32 Å². The molecule has 8 heavy (non-hydrogen) atoms. The highest BCUT2D eigenvalue weighted by Gasteiger charge is 1.85. The molecular formula is C4H6ClNO2. The summed E-state index contributed by atoms with van der Waals surface area (Å²) in [6.45, 7) is 0.263. The van der Waals surface area contributed by atoms with Gasteiger partial charge in [-0.15, -0.1) is 0 Å². The van der Waals surface area contributed by atoms with E-state index < -0.39 is 6.09 Å². The Morgan fingerprint density at radius 2 is 2.50 bits per heavy atom. The zero-order valence-corrected chi connectivity index (χ0v) is 4.85. The molecule has 0 saturated heterocycles. The van der Waals surface area contributed by atoms with E-state index in [9.17, 15) is 4.79 Å². The van der Waals surface area contributed by atoms with Gasteiger partial charge in [-0.1, -0.05) is 17.7 Å². The molecule has 0 aromatic heterocycles. The fourth-order valence-electron chi connectivity index (χ4n) is 0.191. The normalized spacial score (nSPS) is 9.62. The van der Waals surface area contributed by atoms with Crippen LogP contribution in [-0.4, -0.2) is 17.7 Å². The Morgan fingerprint density at radius 1 is 1.88 bits per heavy atom. The molecular weight excluding hydrogens is 130 g/mol. The van der Waals surface area contributed by atoms with E-state index in [0.717, 1.165) is 0 Å². The third-order valence-corrected chi connectivity index (χ3v) is 0.638. The first-order valence-corrected chi connectivity index (χ1v) is 2.43. The molecule has 0 radical (unpaired) electrons. The molecule has 0 atom stereocenters. The first kappa shape index (κ1) is 7.30. The van der Waals surface area contributed by atoms with Crippen molar-refractivity contribution in [3.05, 3.63) is 11.6 Å². The minimum atomic E-state index is -1.04. The van der Waals surface area contributed by atoms with Crippen molar-refractivity contribution in [3.8, 4) is 0 Å². The van der Waals surface area contributed by atoms with E-state index >= 15 is 0 Å². The Kier molecular flexibility index (Phi) is 4.07. The average molecular weight is 136 g/mol. The van der Waals surface area contributed by atoms with Gasteiger partial charge in [-0.25, -0.2) is 4.79 Å². The number of nitrogens with one attached hydrogen (secondary N) is 1. The van der Waals surface area contributed by atoms with Gasteiger partial charge in [-0.2, -0.15) is 0 Å². The lowest BCUT2D eigenvalue weighted by atomic mass is 10.6. The summed E-state index contributed by atoms with van der Waals surface area (Å²) in [5, 5.41) is 10.0. The molecule has 2 N–H and O–H groups in total. The molecule has 0 unspecified atom stereocenters. The molecule has 0 aromatic carbocycles. The standard InChI is InChI=1S/C4H6ClNO2/c5-2-1-3-6-4(7)8/h1-2,6H,3H2,(H,7,8)/b2-1+. The maximum atomic E-state index is 9.69. The summed E-state index contributed by atoms with van der Waals surface area (Å²) in [7, 11) is 0. The summed E-state index contributed by atoms with van der Waals surface area (Å²) in [5.74, 6) is 0. The molecule has 0 heterocycles. The Hall–Kier alpha value is -0.700. The van der Waals surface area contributed by atoms with E-state index in [0.29, 0.717) is 0 Å². The van der Waals surface area contributed by atoms with E-state index in [4.69, 9.17) is 16.7 Å². The van der Waals surface area contributed by atoms with Crippen molar-refractivity contribution in [2.45, 2.75) is 0 Å². The van der Waals surface area contributed by atoms with Crippen molar-refractivity contribution in [2.75, 3.05) is 6.54 Å². The van der Waals surface area contributed by atoms with Gasteiger partial charge in [0.2, 0.25) is 0 Å². The van der Waals surface area contributed by atoms with Gasteiger partial charge in [0.05, 0.1) is 0 Å². The van der Waals surface area contributed by atoms with Crippen LogP contribution in [0, 0.1) is 0 Å². The number of hydrogen-bond donors (Lipinski definition) is 2. The summed E-state index contributed by atoms with van der Waals surface area (Å²) >= 11 is 5.07. The van der Waals surface area contributed by atoms with E-state index in [1.165, 1.54) is 11.6 Å². The smallest absolute Gasteiger partial charge is 0.404 e. The predicted octanol–water partition coefficient (Wildman–Crippen LogP) is 1.01. The topological polar surface area (TPSA) is 49.3 Å². The fourth-order valence-corrected chi connectivity index (χ4v) is 0.280. The van der Waals surface area contributed by atoms with E-state index in [1.807, 2.05) is 0 Å². The quantitative estimate of drug-likeness (QED) is 0.594. The van der Waals surface area contributed by atoms with Crippen LogP contribution < -0.4 is 5.32 Å². The van der Waals surface area contributed by atoms with Gasteiger partial charge < -0.3 is 10.4 Å². The van der Waals surface area contributed by atoms with Gasteiger partial charge in [0.1, 0.15) is 0 Å². The lowest BCUT2D eigenvalue weighted by Gasteiger charge is -1.89. The number of amides is 1. The molecule has 0 bridgehead atoms. The molecule has 0 saturated carbocycles. The van der Waals surface area contributed by atoms with Crippen LogP contribution >= 0.6 is 11.6 Å². The predicted molar refractivity (Wildman–Crippen MR) is 31.0 cm³/mol. The van der Waals surface area contributed by atoms with Crippen LogP contribution in [0.5, 0.6) is 0 Å². The van der Waals surface area contributed by atoms with Crippen molar-refractivity contribution in [1.82, 2.24) is 5.32 Å². The van der Waals surface area contributed by atoms with Crippen LogP contribution in [0.1, 0.15) is 0 Å². The molecule has 0 rings (SSSR count). The van der Waals surface area contributed by atoms with Crippen LogP contribution in [0.15, 0.2) is 11.6 Å². The van der Waals surface area contributed by atoms with Gasteiger partial charge in [-0.05, 0) is 0 Å². The Labute approximate surface area is 52.0 Å². The molecule has 4 heteroatoms. The van der Waals surface area contributed by atoms with Gasteiger partial charge in [-0.3, -0.25) is 0 Å². The van der Waals surface area contributed by atoms with Crippen LogP contribution in [0.3, 0.4) is 0 Å². The number of carbonyl (C=O) groups is 1. The molecule has 3 nitrogen and oxygen atoms in total. The third-order valence-electron chi connectivity index (χ3n) is 0.460. The average Bonchev–Trinajstić information content (AvgIpc) is 1.66. The zero-order valence-electron chi connectivity index (χ0n) is 4.10. The second-order valence-electron chi connectivity index (χ2n) is 1.05. The molecule has 0 spiro atoms. The molecule has 0 aliphatic heterocycles. The number of rotatable bonds is 2. The minimum absolute atomic E-state index is 0.263. The highest BCUT2D eigenvalue weighted by molar-refractivity contribution is 6.25. The van der Waals surface area contributed by atoms with Crippen LogP contribution in [0.2, 0.25) is 0 Å². The number of hydrogen-bond acceptors (Lipinski definition) is 1. The van der Waals surface area contributed by atoms with Crippen molar-refractivity contribution >= 4 is 17.7 Å².